The molecule has 2 heteroatoms. The van der Waals surface area contributed by atoms with Crippen LogP contribution in [0.15, 0.2) is 11.1 Å². The Kier molecular flexibility index (Phi) is 2.09. The topological polar surface area (TPSA) is 26.3 Å². The molecular formula is C16H22O2. The van der Waals surface area contributed by atoms with Crippen molar-refractivity contribution >= 4 is 5.97 Å². The van der Waals surface area contributed by atoms with Crippen molar-refractivity contribution < 1.29 is 9.53 Å². The van der Waals surface area contributed by atoms with Crippen LogP contribution in [0.2, 0.25) is 0 Å². The summed E-state index contributed by atoms with van der Waals surface area (Å²) in [7, 11) is 0. The zero-order valence-electron chi connectivity index (χ0n) is 11.4. The van der Waals surface area contributed by atoms with Gasteiger partial charge in [-0.25, -0.2) is 4.79 Å². The standard InChI is InChI=1S/C16H22O2/c1-9-14-12-7-6-10-4-3-5-11(16(10,12)2)8-13(14)18-15(9)17/h10-13H,3-8H2,1-2H3/t10-,11-,12+,13+,16-/m1/s1. The number of fused-ring (bicyclic) bond motifs is 2. The van der Waals surface area contributed by atoms with Gasteiger partial charge in [-0.05, 0) is 67.8 Å². The highest BCUT2D eigenvalue weighted by molar-refractivity contribution is 5.92. The van der Waals surface area contributed by atoms with E-state index in [2.05, 4.69) is 6.92 Å². The fourth-order valence-corrected chi connectivity index (χ4v) is 5.69. The van der Waals surface area contributed by atoms with Crippen LogP contribution in [0.5, 0.6) is 0 Å². The second kappa shape index (κ2) is 3.40. The van der Waals surface area contributed by atoms with E-state index in [9.17, 15) is 4.79 Å². The van der Waals surface area contributed by atoms with E-state index in [1.807, 2.05) is 6.92 Å². The summed E-state index contributed by atoms with van der Waals surface area (Å²) in [4.78, 5) is 11.8. The van der Waals surface area contributed by atoms with Crippen LogP contribution in [0.25, 0.3) is 0 Å². The summed E-state index contributed by atoms with van der Waals surface area (Å²) in [6.07, 6.45) is 8.04. The van der Waals surface area contributed by atoms with E-state index in [1.165, 1.54) is 37.7 Å². The molecule has 0 bridgehead atoms. The Hall–Kier alpha value is -0.790. The fraction of sp³-hybridized carbons (Fsp3) is 0.812. The van der Waals surface area contributed by atoms with Crippen LogP contribution in [0.4, 0.5) is 0 Å². The van der Waals surface area contributed by atoms with E-state index in [4.69, 9.17) is 4.74 Å². The first-order valence-corrected chi connectivity index (χ1v) is 7.54. The van der Waals surface area contributed by atoms with Gasteiger partial charge in [0.25, 0.3) is 0 Å². The molecule has 4 aliphatic rings. The summed E-state index contributed by atoms with van der Waals surface area (Å²) in [5.41, 5.74) is 2.80. The molecule has 0 aromatic carbocycles. The number of hydrogen-bond acceptors (Lipinski definition) is 2. The number of rotatable bonds is 0. The Labute approximate surface area is 109 Å². The van der Waals surface area contributed by atoms with Crippen molar-refractivity contribution in [1.29, 1.82) is 0 Å². The predicted molar refractivity (Wildman–Crippen MR) is 68.9 cm³/mol. The molecule has 3 saturated carbocycles. The molecule has 0 aromatic heterocycles. The smallest absolute Gasteiger partial charge is 0.334 e. The van der Waals surface area contributed by atoms with Gasteiger partial charge in [0, 0.05) is 5.57 Å². The van der Waals surface area contributed by atoms with Gasteiger partial charge >= 0.3 is 5.97 Å². The lowest BCUT2D eigenvalue weighted by molar-refractivity contribution is -0.142. The van der Waals surface area contributed by atoms with Gasteiger partial charge in [0.1, 0.15) is 6.10 Å². The minimum atomic E-state index is -0.0410. The van der Waals surface area contributed by atoms with E-state index in [1.54, 1.807) is 0 Å². The first-order valence-electron chi connectivity index (χ1n) is 7.54. The third-order valence-electron chi connectivity index (χ3n) is 6.63. The maximum atomic E-state index is 11.8. The Balaban J connectivity index is 1.83. The first kappa shape index (κ1) is 11.1. The summed E-state index contributed by atoms with van der Waals surface area (Å²) in [5, 5.41) is 0. The van der Waals surface area contributed by atoms with Crippen molar-refractivity contribution in [2.45, 2.75) is 58.5 Å². The molecule has 0 aromatic rings. The molecule has 0 amide bonds. The minimum Gasteiger partial charge on any atom is -0.454 e. The lowest BCUT2D eigenvalue weighted by Gasteiger charge is -2.52. The van der Waals surface area contributed by atoms with E-state index in [-0.39, 0.29) is 12.1 Å². The molecule has 0 unspecified atom stereocenters. The summed E-state index contributed by atoms with van der Waals surface area (Å²) in [6.45, 7) is 4.50. The highest BCUT2D eigenvalue weighted by atomic mass is 16.5. The van der Waals surface area contributed by atoms with E-state index < -0.39 is 0 Å². The zero-order valence-corrected chi connectivity index (χ0v) is 11.4. The quantitative estimate of drug-likeness (QED) is 0.612. The number of carbonyl (C=O) groups excluding carboxylic acids is 1. The molecule has 0 N–H and O–H groups in total. The molecule has 0 saturated heterocycles. The number of hydrogen-bond donors (Lipinski definition) is 0. The molecule has 18 heavy (non-hydrogen) atoms. The summed E-state index contributed by atoms with van der Waals surface area (Å²) >= 11 is 0. The second-order valence-electron chi connectivity index (χ2n) is 7.03. The van der Waals surface area contributed by atoms with Crippen molar-refractivity contribution in [3.63, 3.8) is 0 Å². The van der Waals surface area contributed by atoms with Gasteiger partial charge in [0.15, 0.2) is 0 Å². The van der Waals surface area contributed by atoms with Crippen LogP contribution in [0, 0.1) is 23.2 Å². The second-order valence-corrected chi connectivity index (χ2v) is 7.03. The van der Waals surface area contributed by atoms with Gasteiger partial charge in [-0.1, -0.05) is 13.3 Å². The van der Waals surface area contributed by atoms with Crippen LogP contribution < -0.4 is 0 Å². The predicted octanol–water partition coefficient (Wildman–Crippen LogP) is 3.46. The largest absolute Gasteiger partial charge is 0.454 e. The first-order chi connectivity index (χ1) is 8.62. The minimum absolute atomic E-state index is 0.0410. The molecule has 4 rings (SSSR count). The SMILES string of the molecule is CC1=C2[C@H](C[C@H]3CCC[C@@H]4CC[C@@H]2[C@]43C)OC1=O. The average Bonchev–Trinajstić information content (AvgIpc) is 2.81. The number of esters is 1. The van der Waals surface area contributed by atoms with Gasteiger partial charge in [-0.3, -0.25) is 0 Å². The van der Waals surface area contributed by atoms with Crippen LogP contribution in [-0.4, -0.2) is 12.1 Å². The van der Waals surface area contributed by atoms with E-state index >= 15 is 0 Å². The third kappa shape index (κ3) is 1.13. The maximum absolute atomic E-state index is 11.8. The number of ether oxygens (including phenoxy) is 1. The third-order valence-corrected chi connectivity index (χ3v) is 6.63. The van der Waals surface area contributed by atoms with Crippen LogP contribution in [0.1, 0.15) is 52.4 Å². The van der Waals surface area contributed by atoms with Gasteiger partial charge < -0.3 is 4.74 Å². The van der Waals surface area contributed by atoms with Gasteiger partial charge in [-0.15, -0.1) is 0 Å². The molecular weight excluding hydrogens is 224 g/mol. The highest BCUT2D eigenvalue weighted by Gasteiger charge is 2.60. The lowest BCUT2D eigenvalue weighted by Crippen LogP contribution is -2.47. The normalized spacial score (nSPS) is 50.0. The monoisotopic (exact) mass is 246 g/mol. The Morgan fingerprint density at radius 1 is 1.17 bits per heavy atom. The van der Waals surface area contributed by atoms with E-state index in [0.717, 1.165) is 23.8 Å². The van der Waals surface area contributed by atoms with Crippen molar-refractivity contribution in [3.8, 4) is 0 Å². The van der Waals surface area contributed by atoms with Crippen LogP contribution >= 0.6 is 0 Å². The molecule has 0 radical (unpaired) electrons. The van der Waals surface area contributed by atoms with Gasteiger partial charge in [0.05, 0.1) is 0 Å². The molecule has 1 heterocycles. The van der Waals surface area contributed by atoms with Crippen molar-refractivity contribution in [3.05, 3.63) is 11.1 Å². The van der Waals surface area contributed by atoms with Crippen molar-refractivity contribution in [2.24, 2.45) is 23.2 Å². The van der Waals surface area contributed by atoms with Gasteiger partial charge in [0.2, 0.25) is 0 Å². The fourth-order valence-electron chi connectivity index (χ4n) is 5.69. The average molecular weight is 246 g/mol. The lowest BCUT2D eigenvalue weighted by atomic mass is 9.53. The van der Waals surface area contributed by atoms with Crippen LogP contribution in [-0.2, 0) is 9.53 Å². The summed E-state index contributed by atoms with van der Waals surface area (Å²) < 4.78 is 5.61. The summed E-state index contributed by atoms with van der Waals surface area (Å²) in [5.74, 6) is 2.29. The molecule has 2 nitrogen and oxygen atoms in total. The number of carbonyl (C=O) groups is 1. The molecule has 5 atom stereocenters. The van der Waals surface area contributed by atoms with Gasteiger partial charge in [-0.2, -0.15) is 0 Å². The summed E-state index contributed by atoms with van der Waals surface area (Å²) in [6, 6.07) is 0. The highest BCUT2D eigenvalue weighted by Crippen LogP contribution is 2.65. The van der Waals surface area contributed by atoms with E-state index in [0.29, 0.717) is 11.3 Å². The molecule has 1 aliphatic heterocycles. The van der Waals surface area contributed by atoms with Crippen molar-refractivity contribution in [1.82, 2.24) is 0 Å². The zero-order chi connectivity index (χ0) is 12.5. The molecule has 3 aliphatic carbocycles. The molecule has 3 fully saturated rings. The maximum Gasteiger partial charge on any atom is 0.334 e. The molecule has 0 spiro atoms. The Morgan fingerprint density at radius 3 is 2.78 bits per heavy atom. The Morgan fingerprint density at radius 2 is 1.94 bits per heavy atom. The van der Waals surface area contributed by atoms with Crippen molar-refractivity contribution in [2.75, 3.05) is 0 Å². The molecule has 98 valence electrons. The van der Waals surface area contributed by atoms with Crippen LogP contribution in [0.3, 0.4) is 0 Å². The Bertz CT molecular complexity index is 450.